The lowest BCUT2D eigenvalue weighted by Crippen LogP contribution is -2.32. The van der Waals surface area contributed by atoms with Crippen molar-refractivity contribution in [1.29, 1.82) is 0 Å². The van der Waals surface area contributed by atoms with E-state index in [0.717, 1.165) is 6.42 Å². The molecule has 2 heterocycles. The zero-order valence-corrected chi connectivity index (χ0v) is 13.0. The molecular formula is C16H20ClN3O. The van der Waals surface area contributed by atoms with Gasteiger partial charge in [0.05, 0.1) is 17.2 Å². The van der Waals surface area contributed by atoms with Crippen molar-refractivity contribution in [3.63, 3.8) is 0 Å². The number of hydrogen-bond donors (Lipinski definition) is 0. The highest BCUT2D eigenvalue weighted by atomic mass is 35.5. The molecule has 2 aromatic rings. The van der Waals surface area contributed by atoms with Crippen LogP contribution in [0.4, 0.5) is 0 Å². The molecule has 0 bridgehead atoms. The molecule has 0 N–H and O–H groups in total. The minimum atomic E-state index is -0.00359. The average Bonchev–Trinajstić information content (AvgIpc) is 3.01. The monoisotopic (exact) mass is 305 g/mol. The third-order valence-electron chi connectivity index (χ3n) is 4.34. The third kappa shape index (κ3) is 3.11. The molecule has 112 valence electrons. The molecule has 1 aromatic heterocycles. The van der Waals surface area contributed by atoms with Crippen molar-refractivity contribution in [2.24, 2.45) is 0 Å². The Morgan fingerprint density at radius 1 is 1.33 bits per heavy atom. The molecule has 1 saturated heterocycles. The zero-order chi connectivity index (χ0) is 14.8. The summed E-state index contributed by atoms with van der Waals surface area (Å²) in [6, 6.07) is 5.76. The van der Waals surface area contributed by atoms with Crippen LogP contribution in [0.1, 0.15) is 26.2 Å². The number of hydrogen-bond acceptors (Lipinski definition) is 3. The molecule has 1 fully saturated rings. The Morgan fingerprint density at radius 3 is 2.86 bits per heavy atom. The highest BCUT2D eigenvalue weighted by Gasteiger charge is 2.17. The van der Waals surface area contributed by atoms with Gasteiger partial charge in [-0.25, -0.2) is 4.98 Å². The van der Waals surface area contributed by atoms with Crippen molar-refractivity contribution < 1.29 is 0 Å². The second kappa shape index (κ2) is 6.16. The second-order valence-electron chi connectivity index (χ2n) is 5.79. The normalized spacial score (nSPS) is 17.4. The van der Waals surface area contributed by atoms with E-state index in [0.29, 0.717) is 28.5 Å². The summed E-state index contributed by atoms with van der Waals surface area (Å²) >= 11 is 5.97. The third-order valence-corrected chi connectivity index (χ3v) is 4.57. The fraction of sp³-hybridized carbons (Fsp3) is 0.500. The van der Waals surface area contributed by atoms with Crippen molar-refractivity contribution in [1.82, 2.24) is 14.5 Å². The fourth-order valence-electron chi connectivity index (χ4n) is 2.98. The molecule has 1 aliphatic heterocycles. The number of fused-ring (bicyclic) bond motifs is 1. The van der Waals surface area contributed by atoms with E-state index in [2.05, 4.69) is 16.8 Å². The summed E-state index contributed by atoms with van der Waals surface area (Å²) in [5.41, 5.74) is 0.698. The van der Waals surface area contributed by atoms with Crippen molar-refractivity contribution in [2.45, 2.75) is 38.8 Å². The van der Waals surface area contributed by atoms with Crippen molar-refractivity contribution in [3.05, 3.63) is 39.9 Å². The first-order valence-electron chi connectivity index (χ1n) is 7.54. The van der Waals surface area contributed by atoms with Gasteiger partial charge in [-0.2, -0.15) is 0 Å². The van der Waals surface area contributed by atoms with Gasteiger partial charge in [0.1, 0.15) is 0 Å². The number of aryl methyl sites for hydroxylation is 1. The standard InChI is InChI=1S/C16H20ClN3O/c1-12(19-7-2-3-8-19)6-9-20-11-18-15-5-4-13(17)10-14(15)16(20)21/h4-5,10-12H,2-3,6-9H2,1H3. The maximum Gasteiger partial charge on any atom is 0.261 e. The van der Waals surface area contributed by atoms with Crippen LogP contribution in [0.3, 0.4) is 0 Å². The van der Waals surface area contributed by atoms with Crippen LogP contribution in [0.5, 0.6) is 0 Å². The number of halogens is 1. The molecule has 0 spiro atoms. The predicted molar refractivity (Wildman–Crippen MR) is 85.9 cm³/mol. The maximum absolute atomic E-state index is 12.5. The van der Waals surface area contributed by atoms with Crippen LogP contribution >= 0.6 is 11.6 Å². The van der Waals surface area contributed by atoms with Gasteiger partial charge in [-0.05, 0) is 57.5 Å². The Hall–Kier alpha value is -1.39. The second-order valence-corrected chi connectivity index (χ2v) is 6.22. The number of rotatable bonds is 4. The van der Waals surface area contributed by atoms with Crippen molar-refractivity contribution in [3.8, 4) is 0 Å². The van der Waals surface area contributed by atoms with Crippen molar-refractivity contribution >= 4 is 22.5 Å². The highest BCUT2D eigenvalue weighted by Crippen LogP contribution is 2.16. The summed E-state index contributed by atoms with van der Waals surface area (Å²) in [7, 11) is 0. The van der Waals surface area contributed by atoms with Gasteiger partial charge in [0, 0.05) is 17.6 Å². The largest absolute Gasteiger partial charge is 0.301 e. The first-order chi connectivity index (χ1) is 10.1. The molecule has 1 atom stereocenters. The first kappa shape index (κ1) is 14.5. The lowest BCUT2D eigenvalue weighted by molar-refractivity contribution is 0.239. The Kier molecular flexibility index (Phi) is 4.27. The zero-order valence-electron chi connectivity index (χ0n) is 12.3. The quantitative estimate of drug-likeness (QED) is 0.871. The van der Waals surface area contributed by atoms with E-state index >= 15 is 0 Å². The maximum atomic E-state index is 12.5. The molecule has 1 aromatic carbocycles. The summed E-state index contributed by atoms with van der Waals surface area (Å²) in [4.78, 5) is 19.3. The van der Waals surface area contributed by atoms with E-state index in [1.807, 2.05) is 0 Å². The van der Waals surface area contributed by atoms with Crippen LogP contribution in [0.25, 0.3) is 10.9 Å². The van der Waals surface area contributed by atoms with Gasteiger partial charge in [0.25, 0.3) is 5.56 Å². The molecule has 0 aliphatic carbocycles. The van der Waals surface area contributed by atoms with Gasteiger partial charge in [-0.3, -0.25) is 9.36 Å². The lowest BCUT2D eigenvalue weighted by atomic mass is 10.2. The molecule has 0 saturated carbocycles. The van der Waals surface area contributed by atoms with Crippen LogP contribution in [-0.4, -0.2) is 33.6 Å². The molecule has 0 amide bonds. The van der Waals surface area contributed by atoms with Gasteiger partial charge in [-0.15, -0.1) is 0 Å². The summed E-state index contributed by atoms with van der Waals surface area (Å²) in [6.45, 7) is 5.30. The van der Waals surface area contributed by atoms with Gasteiger partial charge in [0.2, 0.25) is 0 Å². The minimum absolute atomic E-state index is 0.00359. The Balaban J connectivity index is 1.77. The van der Waals surface area contributed by atoms with Crippen LogP contribution in [0, 0.1) is 0 Å². The molecule has 0 radical (unpaired) electrons. The molecule has 21 heavy (non-hydrogen) atoms. The fourth-order valence-corrected chi connectivity index (χ4v) is 3.15. The molecule has 1 unspecified atom stereocenters. The van der Waals surface area contributed by atoms with E-state index in [4.69, 9.17) is 11.6 Å². The van der Waals surface area contributed by atoms with Crippen LogP contribution in [-0.2, 0) is 6.54 Å². The Labute approximate surface area is 129 Å². The van der Waals surface area contributed by atoms with E-state index in [-0.39, 0.29) is 5.56 Å². The summed E-state index contributed by atoms with van der Waals surface area (Å²) in [5, 5.41) is 1.17. The first-order valence-corrected chi connectivity index (χ1v) is 7.92. The Morgan fingerprint density at radius 2 is 2.10 bits per heavy atom. The number of aromatic nitrogens is 2. The molecule has 3 rings (SSSR count). The van der Waals surface area contributed by atoms with Gasteiger partial charge in [-0.1, -0.05) is 11.6 Å². The lowest BCUT2D eigenvalue weighted by Gasteiger charge is -2.23. The number of benzene rings is 1. The predicted octanol–water partition coefficient (Wildman–Crippen LogP) is 2.92. The summed E-state index contributed by atoms with van der Waals surface area (Å²) in [6.07, 6.45) is 5.20. The number of nitrogens with zero attached hydrogens (tertiary/aromatic N) is 3. The highest BCUT2D eigenvalue weighted by molar-refractivity contribution is 6.31. The Bertz CT molecular complexity index is 691. The van der Waals surface area contributed by atoms with Gasteiger partial charge < -0.3 is 4.90 Å². The topological polar surface area (TPSA) is 38.1 Å². The minimum Gasteiger partial charge on any atom is -0.301 e. The molecule has 1 aliphatic rings. The average molecular weight is 306 g/mol. The summed E-state index contributed by atoms with van der Waals surface area (Å²) in [5.74, 6) is 0. The summed E-state index contributed by atoms with van der Waals surface area (Å²) < 4.78 is 1.70. The van der Waals surface area contributed by atoms with Crippen LogP contribution in [0.2, 0.25) is 5.02 Å². The molecule has 5 heteroatoms. The van der Waals surface area contributed by atoms with E-state index in [1.54, 1.807) is 29.1 Å². The number of likely N-dealkylation sites (tertiary alicyclic amines) is 1. The van der Waals surface area contributed by atoms with Crippen LogP contribution in [0.15, 0.2) is 29.3 Å². The molecular weight excluding hydrogens is 286 g/mol. The van der Waals surface area contributed by atoms with E-state index in [1.165, 1.54) is 25.9 Å². The van der Waals surface area contributed by atoms with E-state index in [9.17, 15) is 4.79 Å². The van der Waals surface area contributed by atoms with E-state index < -0.39 is 0 Å². The SMILES string of the molecule is CC(CCn1cnc2ccc(Cl)cc2c1=O)N1CCCC1. The van der Waals surface area contributed by atoms with Crippen LogP contribution < -0.4 is 5.56 Å². The van der Waals surface area contributed by atoms with Gasteiger partial charge >= 0.3 is 0 Å². The smallest absolute Gasteiger partial charge is 0.261 e. The van der Waals surface area contributed by atoms with Crippen molar-refractivity contribution in [2.75, 3.05) is 13.1 Å². The van der Waals surface area contributed by atoms with Gasteiger partial charge in [0.15, 0.2) is 0 Å². The molecule has 4 nitrogen and oxygen atoms in total.